The lowest BCUT2D eigenvalue weighted by molar-refractivity contribution is -0.121. The maximum Gasteiger partial charge on any atom is 0.410 e. The zero-order valence-corrected chi connectivity index (χ0v) is 15.8. The quantitative estimate of drug-likeness (QED) is 0.519. The van der Waals surface area contributed by atoms with Crippen molar-refractivity contribution < 1.29 is 14.3 Å². The first-order chi connectivity index (χ1) is 12.2. The molecule has 2 amide bonds. The van der Waals surface area contributed by atoms with Crippen LogP contribution in [0.15, 0.2) is 60.7 Å². The fraction of sp³-hybridized carbons (Fsp3) is 0.263. The molecular formula is C19H19IN2O3. The van der Waals surface area contributed by atoms with E-state index in [1.54, 1.807) is 8.01 Å². The molecular weight excluding hydrogens is 431 g/mol. The lowest BCUT2D eigenvalue weighted by Crippen LogP contribution is -2.45. The molecule has 1 aliphatic rings. The molecule has 2 aromatic rings. The lowest BCUT2D eigenvalue weighted by atomic mass is 10.2. The monoisotopic (exact) mass is 450 g/mol. The summed E-state index contributed by atoms with van der Waals surface area (Å²) in [5.41, 5.74) is 1.73. The highest BCUT2D eigenvalue weighted by Gasteiger charge is 2.37. The summed E-state index contributed by atoms with van der Waals surface area (Å²) in [6.45, 7) is 0.757. The summed E-state index contributed by atoms with van der Waals surface area (Å²) in [5.74, 6) is -0.0963. The van der Waals surface area contributed by atoms with E-state index in [9.17, 15) is 9.59 Å². The van der Waals surface area contributed by atoms with Crippen LogP contribution in [-0.4, -0.2) is 29.5 Å². The van der Waals surface area contributed by atoms with E-state index in [2.05, 4.69) is 0 Å². The number of carbonyl (C=O) groups is 2. The van der Waals surface area contributed by atoms with Crippen molar-refractivity contribution >= 4 is 40.6 Å². The van der Waals surface area contributed by atoms with Gasteiger partial charge >= 0.3 is 6.09 Å². The number of hydrogen-bond donors (Lipinski definition) is 0. The Kier molecular flexibility index (Phi) is 5.91. The molecule has 0 aliphatic carbocycles. The molecule has 3 rings (SSSR count). The summed E-state index contributed by atoms with van der Waals surface area (Å²) >= 11 is 1.99. The van der Waals surface area contributed by atoms with Crippen LogP contribution in [0.3, 0.4) is 0 Å². The molecule has 5 nitrogen and oxygen atoms in total. The lowest BCUT2D eigenvalue weighted by Gasteiger charge is -2.26. The maximum absolute atomic E-state index is 12.8. The van der Waals surface area contributed by atoms with Gasteiger partial charge in [0, 0.05) is 6.54 Å². The highest BCUT2D eigenvalue weighted by Crippen LogP contribution is 2.26. The molecule has 6 heteroatoms. The second kappa shape index (κ2) is 8.33. The topological polar surface area (TPSA) is 49.9 Å². The molecule has 1 unspecified atom stereocenters. The molecule has 0 aromatic heterocycles. The Bertz CT molecular complexity index is 724. The predicted octanol–water partition coefficient (Wildman–Crippen LogP) is 4.17. The van der Waals surface area contributed by atoms with Gasteiger partial charge in [0.05, 0.1) is 28.6 Å². The molecule has 25 heavy (non-hydrogen) atoms. The second-order valence-corrected chi connectivity index (χ2v) is 6.81. The molecule has 0 saturated carbocycles. The molecule has 130 valence electrons. The van der Waals surface area contributed by atoms with Gasteiger partial charge in [-0.15, -0.1) is 0 Å². The number of ether oxygens (including phenoxy) is 1. The number of nitrogens with zero attached hydrogens (tertiary/aromatic N) is 2. The van der Waals surface area contributed by atoms with Crippen LogP contribution in [0, 0.1) is 0 Å². The number of benzene rings is 2. The molecule has 1 saturated heterocycles. The highest BCUT2D eigenvalue weighted by atomic mass is 127. The van der Waals surface area contributed by atoms with Gasteiger partial charge in [0.25, 0.3) is 5.91 Å². The van der Waals surface area contributed by atoms with Gasteiger partial charge in [-0.25, -0.2) is 4.79 Å². The average molecular weight is 450 g/mol. The third-order valence-corrected chi connectivity index (χ3v) is 5.19. The number of anilines is 1. The molecule has 1 heterocycles. The Morgan fingerprint density at radius 3 is 2.40 bits per heavy atom. The van der Waals surface area contributed by atoms with Crippen LogP contribution < -0.4 is 3.11 Å². The van der Waals surface area contributed by atoms with Crippen LogP contribution in [0.5, 0.6) is 0 Å². The first-order valence-electron chi connectivity index (χ1n) is 8.19. The third-order valence-electron chi connectivity index (χ3n) is 4.15. The van der Waals surface area contributed by atoms with E-state index in [-0.39, 0.29) is 12.5 Å². The van der Waals surface area contributed by atoms with Crippen LogP contribution in [0.1, 0.15) is 18.4 Å². The molecule has 0 bridgehead atoms. The minimum Gasteiger partial charge on any atom is -0.445 e. The van der Waals surface area contributed by atoms with Crippen LogP contribution in [-0.2, 0) is 16.1 Å². The fourth-order valence-electron chi connectivity index (χ4n) is 2.86. The summed E-state index contributed by atoms with van der Waals surface area (Å²) in [4.78, 5) is 26.8. The molecule has 0 spiro atoms. The minimum absolute atomic E-state index is 0.0963. The van der Waals surface area contributed by atoms with Crippen LogP contribution in [0.25, 0.3) is 0 Å². The zero-order valence-electron chi connectivity index (χ0n) is 13.7. The molecule has 0 radical (unpaired) electrons. The van der Waals surface area contributed by atoms with Gasteiger partial charge < -0.3 is 4.74 Å². The smallest absolute Gasteiger partial charge is 0.410 e. The van der Waals surface area contributed by atoms with E-state index in [4.69, 9.17) is 4.74 Å². The van der Waals surface area contributed by atoms with E-state index in [1.165, 1.54) is 0 Å². The Morgan fingerprint density at radius 2 is 1.72 bits per heavy atom. The summed E-state index contributed by atoms with van der Waals surface area (Å²) in [6, 6.07) is 18.5. The number of hydrogen-bond acceptors (Lipinski definition) is 3. The van der Waals surface area contributed by atoms with Crippen LogP contribution >= 0.6 is 22.9 Å². The van der Waals surface area contributed by atoms with Gasteiger partial charge in [0.2, 0.25) is 0 Å². The summed E-state index contributed by atoms with van der Waals surface area (Å²) in [5, 5.41) is 0. The van der Waals surface area contributed by atoms with Crippen molar-refractivity contribution in [1.29, 1.82) is 0 Å². The first kappa shape index (κ1) is 17.7. The minimum atomic E-state index is -0.472. The van der Waals surface area contributed by atoms with Gasteiger partial charge in [-0.2, -0.15) is 0 Å². The predicted molar refractivity (Wildman–Crippen MR) is 104 cm³/mol. The first-order valence-corrected chi connectivity index (χ1v) is 9.15. The van der Waals surface area contributed by atoms with E-state index in [0.717, 1.165) is 17.7 Å². The van der Waals surface area contributed by atoms with E-state index < -0.39 is 12.1 Å². The largest absolute Gasteiger partial charge is 0.445 e. The van der Waals surface area contributed by atoms with Crippen molar-refractivity contribution in [2.45, 2.75) is 25.5 Å². The normalized spacial score (nSPS) is 16.5. The Labute approximate surface area is 161 Å². The average Bonchev–Trinajstić information content (AvgIpc) is 3.16. The Balaban J connectivity index is 1.63. The Morgan fingerprint density at radius 1 is 1.08 bits per heavy atom. The van der Waals surface area contributed by atoms with Crippen molar-refractivity contribution in [3.05, 3.63) is 66.2 Å². The van der Waals surface area contributed by atoms with Crippen molar-refractivity contribution in [3.63, 3.8) is 0 Å². The van der Waals surface area contributed by atoms with Crippen molar-refractivity contribution in [3.8, 4) is 0 Å². The number of amides is 2. The molecule has 1 atom stereocenters. The molecule has 1 aliphatic heterocycles. The van der Waals surface area contributed by atoms with Gasteiger partial charge in [-0.05, 0) is 30.5 Å². The van der Waals surface area contributed by atoms with Crippen LogP contribution in [0.2, 0.25) is 0 Å². The SMILES string of the molecule is O=C(C1CCCN1C(=O)OCc1ccccc1)N(I)c1ccccc1. The fourth-order valence-corrected chi connectivity index (χ4v) is 3.50. The van der Waals surface area contributed by atoms with Crippen molar-refractivity contribution in [2.24, 2.45) is 0 Å². The number of carbonyl (C=O) groups excluding carboxylic acids is 2. The summed E-state index contributed by atoms with van der Waals surface area (Å²) in [7, 11) is 0. The zero-order chi connectivity index (χ0) is 17.6. The number of para-hydroxylation sites is 1. The summed E-state index contributed by atoms with van der Waals surface area (Å²) in [6.07, 6.45) is 1.03. The van der Waals surface area contributed by atoms with Gasteiger partial charge in [0.15, 0.2) is 0 Å². The second-order valence-electron chi connectivity index (χ2n) is 5.85. The highest BCUT2D eigenvalue weighted by molar-refractivity contribution is 14.1. The van der Waals surface area contributed by atoms with E-state index in [1.807, 2.05) is 83.5 Å². The maximum atomic E-state index is 12.8. The number of halogens is 1. The van der Waals surface area contributed by atoms with Crippen molar-refractivity contribution in [1.82, 2.24) is 4.90 Å². The van der Waals surface area contributed by atoms with Gasteiger partial charge in [0.1, 0.15) is 12.6 Å². The van der Waals surface area contributed by atoms with E-state index in [0.29, 0.717) is 13.0 Å². The number of rotatable bonds is 4. The van der Waals surface area contributed by atoms with Crippen LogP contribution in [0.4, 0.5) is 10.5 Å². The Hall–Kier alpha value is -2.09. The third kappa shape index (κ3) is 4.31. The summed E-state index contributed by atoms with van der Waals surface area (Å²) < 4.78 is 6.97. The number of likely N-dealkylation sites (tertiary alicyclic amines) is 1. The van der Waals surface area contributed by atoms with E-state index >= 15 is 0 Å². The van der Waals surface area contributed by atoms with Gasteiger partial charge in [-0.1, -0.05) is 48.5 Å². The standard InChI is InChI=1S/C19H19IN2O3/c20-22(16-10-5-2-6-11-16)18(23)17-12-7-13-21(17)19(24)25-14-15-8-3-1-4-9-15/h1-6,8-11,17H,7,12-14H2. The molecule has 0 N–H and O–H groups in total. The molecule has 1 fully saturated rings. The molecule has 2 aromatic carbocycles. The van der Waals surface area contributed by atoms with Gasteiger partial charge in [-0.3, -0.25) is 12.8 Å². The van der Waals surface area contributed by atoms with Crippen molar-refractivity contribution in [2.75, 3.05) is 9.66 Å².